The topological polar surface area (TPSA) is 131 Å². The molecule has 240 valence electrons. The fourth-order valence-electron chi connectivity index (χ4n) is 6.30. The van der Waals surface area contributed by atoms with Gasteiger partial charge in [0.1, 0.15) is 17.6 Å². The van der Waals surface area contributed by atoms with Crippen molar-refractivity contribution < 1.29 is 28.3 Å². The van der Waals surface area contributed by atoms with E-state index in [0.29, 0.717) is 43.9 Å². The van der Waals surface area contributed by atoms with Crippen molar-refractivity contribution in [2.45, 2.75) is 103 Å². The summed E-state index contributed by atoms with van der Waals surface area (Å²) in [6, 6.07) is 5.17. The molecule has 1 aliphatic heterocycles. The van der Waals surface area contributed by atoms with Crippen LogP contribution >= 0.6 is 0 Å². The number of ether oxygens (including phenoxy) is 1. The Morgan fingerprint density at radius 2 is 1.75 bits per heavy atom. The number of nitrogens with zero attached hydrogens (tertiary/aromatic N) is 2. The molecular formula is C33H46FN5O5. The smallest absolute Gasteiger partial charge is 0.243 e. The molecule has 1 aromatic heterocycles. The number of hydrogen-bond acceptors (Lipinski definition) is 6. The van der Waals surface area contributed by atoms with Gasteiger partial charge in [0.25, 0.3) is 0 Å². The number of carbonyl (C=O) groups excluding carboxylic acids is 4. The molecule has 1 aliphatic carbocycles. The minimum atomic E-state index is -0.900. The lowest BCUT2D eigenvalue weighted by atomic mass is 9.77. The standard InChI is InChI=1S/C33H46FN5O5/c1-4-30(41)38-31(33(43)36-24-14-17-44-18-15-24)21(3)23-11-12-27(26(34)19-23)37-32(42)25(22-9-7-6-8-10-22)20-29(40)28-13-16-35-39(28)5-2/h11-13,16,19,21-22,24-25,31H,4-10,14-15,17-18,20H2,1-3H3,(H,36,43)(H,37,42)(H,38,41)/t21-,25-,31+/m0/s1. The van der Waals surface area contributed by atoms with Crippen LogP contribution in [0.4, 0.5) is 10.1 Å². The molecule has 0 unspecified atom stereocenters. The van der Waals surface area contributed by atoms with Crippen molar-refractivity contribution in [3.05, 3.63) is 47.5 Å². The van der Waals surface area contributed by atoms with Crippen LogP contribution in [0.1, 0.15) is 101 Å². The molecule has 0 spiro atoms. The first kappa shape index (κ1) is 33.3. The van der Waals surface area contributed by atoms with Gasteiger partial charge in [-0.25, -0.2) is 4.39 Å². The summed E-state index contributed by atoms with van der Waals surface area (Å²) in [6.45, 7) is 7.04. The van der Waals surface area contributed by atoms with Crippen molar-refractivity contribution in [2.75, 3.05) is 18.5 Å². The average molecular weight is 612 g/mol. The number of Topliss-reactive ketones (excluding diaryl/α,β-unsaturated/α-hetero) is 1. The molecule has 10 nitrogen and oxygen atoms in total. The maximum atomic E-state index is 15.5. The third-order valence-corrected chi connectivity index (χ3v) is 9.03. The SMILES string of the molecule is CCC(=O)N[C@@H](C(=O)NC1CCOCC1)[C@@H](C)c1ccc(NC(=O)[C@@H](CC(=O)c2ccnn2CC)C2CCCCC2)c(F)c1. The van der Waals surface area contributed by atoms with Gasteiger partial charge in [0, 0.05) is 56.7 Å². The third-order valence-electron chi connectivity index (χ3n) is 9.03. The van der Waals surface area contributed by atoms with Crippen LogP contribution in [0.2, 0.25) is 0 Å². The van der Waals surface area contributed by atoms with E-state index < -0.39 is 23.7 Å². The number of aryl methyl sites for hydroxylation is 1. The molecule has 2 fully saturated rings. The Balaban J connectivity index is 1.49. The number of hydrogen-bond donors (Lipinski definition) is 3. The molecule has 3 atom stereocenters. The van der Waals surface area contributed by atoms with E-state index in [1.54, 1.807) is 36.9 Å². The molecule has 44 heavy (non-hydrogen) atoms. The van der Waals surface area contributed by atoms with E-state index in [-0.39, 0.29) is 54.0 Å². The molecule has 11 heteroatoms. The van der Waals surface area contributed by atoms with Gasteiger partial charge in [-0.15, -0.1) is 0 Å². The van der Waals surface area contributed by atoms with Crippen LogP contribution in [-0.4, -0.2) is 58.6 Å². The van der Waals surface area contributed by atoms with Crippen LogP contribution in [0.15, 0.2) is 30.5 Å². The highest BCUT2D eigenvalue weighted by atomic mass is 19.1. The highest BCUT2D eigenvalue weighted by Gasteiger charge is 2.34. The fourth-order valence-corrected chi connectivity index (χ4v) is 6.30. The lowest BCUT2D eigenvalue weighted by molar-refractivity contribution is -0.130. The second-order valence-electron chi connectivity index (χ2n) is 12.0. The monoisotopic (exact) mass is 611 g/mol. The average Bonchev–Trinajstić information content (AvgIpc) is 3.53. The summed E-state index contributed by atoms with van der Waals surface area (Å²) in [5.41, 5.74) is 0.991. The van der Waals surface area contributed by atoms with Gasteiger partial charge in [-0.1, -0.05) is 39.2 Å². The summed E-state index contributed by atoms with van der Waals surface area (Å²) in [5.74, 6) is -2.89. The molecule has 0 bridgehead atoms. The van der Waals surface area contributed by atoms with Crippen LogP contribution in [0.3, 0.4) is 0 Å². The van der Waals surface area contributed by atoms with E-state index in [1.165, 1.54) is 12.1 Å². The highest BCUT2D eigenvalue weighted by Crippen LogP contribution is 2.34. The number of nitrogens with one attached hydrogen (secondary N) is 3. The number of amides is 3. The van der Waals surface area contributed by atoms with E-state index in [2.05, 4.69) is 21.0 Å². The van der Waals surface area contributed by atoms with Crippen LogP contribution in [0.25, 0.3) is 0 Å². The summed E-state index contributed by atoms with van der Waals surface area (Å²) in [6.07, 6.45) is 7.97. The normalized spacial score (nSPS) is 18.2. The van der Waals surface area contributed by atoms with E-state index in [9.17, 15) is 19.2 Å². The zero-order chi connectivity index (χ0) is 31.6. The minimum Gasteiger partial charge on any atom is -0.381 e. The van der Waals surface area contributed by atoms with E-state index in [4.69, 9.17) is 4.74 Å². The molecule has 1 saturated heterocycles. The molecule has 2 heterocycles. The van der Waals surface area contributed by atoms with Gasteiger partial charge in [-0.05, 0) is 62.3 Å². The van der Waals surface area contributed by atoms with Crippen LogP contribution < -0.4 is 16.0 Å². The van der Waals surface area contributed by atoms with Gasteiger partial charge in [0.05, 0.1) is 5.69 Å². The van der Waals surface area contributed by atoms with Crippen molar-refractivity contribution in [2.24, 2.45) is 11.8 Å². The van der Waals surface area contributed by atoms with Crippen molar-refractivity contribution >= 4 is 29.2 Å². The zero-order valence-electron chi connectivity index (χ0n) is 26.1. The summed E-state index contributed by atoms with van der Waals surface area (Å²) in [4.78, 5) is 52.4. The van der Waals surface area contributed by atoms with Gasteiger partial charge in [0.2, 0.25) is 17.7 Å². The molecule has 1 aromatic carbocycles. The second kappa shape index (κ2) is 15.9. The number of halogens is 1. The molecule has 4 rings (SSSR count). The maximum absolute atomic E-state index is 15.5. The summed E-state index contributed by atoms with van der Waals surface area (Å²) in [5, 5.41) is 12.7. The molecule has 2 aliphatic rings. The summed E-state index contributed by atoms with van der Waals surface area (Å²) >= 11 is 0. The first-order valence-corrected chi connectivity index (χ1v) is 16.0. The molecule has 3 amide bonds. The van der Waals surface area contributed by atoms with Crippen molar-refractivity contribution in [1.82, 2.24) is 20.4 Å². The van der Waals surface area contributed by atoms with Crippen molar-refractivity contribution in [1.29, 1.82) is 0 Å². The Hall–Kier alpha value is -3.60. The first-order chi connectivity index (χ1) is 21.2. The molecule has 1 saturated carbocycles. The number of carbonyl (C=O) groups is 4. The van der Waals surface area contributed by atoms with E-state index in [1.807, 2.05) is 6.92 Å². The quantitative estimate of drug-likeness (QED) is 0.281. The minimum absolute atomic E-state index is 0.0126. The number of benzene rings is 1. The van der Waals surface area contributed by atoms with Crippen LogP contribution in [-0.2, 0) is 25.7 Å². The van der Waals surface area contributed by atoms with Gasteiger partial charge in [0.15, 0.2) is 5.78 Å². The fraction of sp³-hybridized carbons (Fsp3) is 0.606. The van der Waals surface area contributed by atoms with Gasteiger partial charge in [-0.2, -0.15) is 5.10 Å². The Morgan fingerprint density at radius 1 is 1.02 bits per heavy atom. The van der Waals surface area contributed by atoms with Gasteiger partial charge < -0.3 is 20.7 Å². The molecule has 3 N–H and O–H groups in total. The lowest BCUT2D eigenvalue weighted by Gasteiger charge is -2.30. The van der Waals surface area contributed by atoms with Crippen LogP contribution in [0, 0.1) is 17.7 Å². The highest BCUT2D eigenvalue weighted by molar-refractivity contribution is 6.00. The van der Waals surface area contributed by atoms with E-state index in [0.717, 1.165) is 32.1 Å². The summed E-state index contributed by atoms with van der Waals surface area (Å²) in [7, 11) is 0. The Morgan fingerprint density at radius 3 is 2.41 bits per heavy atom. The van der Waals surface area contributed by atoms with Crippen molar-refractivity contribution in [3.63, 3.8) is 0 Å². The Bertz CT molecular complexity index is 1300. The predicted molar refractivity (Wildman–Crippen MR) is 165 cm³/mol. The lowest BCUT2D eigenvalue weighted by Crippen LogP contribution is -2.52. The zero-order valence-corrected chi connectivity index (χ0v) is 26.1. The predicted octanol–water partition coefficient (Wildman–Crippen LogP) is 4.74. The first-order valence-electron chi connectivity index (χ1n) is 16.0. The number of anilines is 1. The Kier molecular flexibility index (Phi) is 12.1. The number of rotatable bonds is 13. The number of aromatic nitrogens is 2. The number of ketones is 1. The third kappa shape index (κ3) is 8.52. The Labute approximate surface area is 258 Å². The van der Waals surface area contributed by atoms with Crippen LogP contribution in [0.5, 0.6) is 0 Å². The molecular weight excluding hydrogens is 565 g/mol. The van der Waals surface area contributed by atoms with Crippen molar-refractivity contribution in [3.8, 4) is 0 Å². The molecule has 0 radical (unpaired) electrons. The van der Waals surface area contributed by atoms with Gasteiger partial charge in [-0.3, -0.25) is 23.9 Å². The summed E-state index contributed by atoms with van der Waals surface area (Å²) < 4.78 is 22.5. The maximum Gasteiger partial charge on any atom is 0.243 e. The molecule has 2 aromatic rings. The second-order valence-corrected chi connectivity index (χ2v) is 12.0. The van der Waals surface area contributed by atoms with E-state index >= 15 is 4.39 Å². The largest absolute Gasteiger partial charge is 0.381 e. The van der Waals surface area contributed by atoms with Gasteiger partial charge >= 0.3 is 0 Å².